The molecular weight excluding hydrogens is 306 g/mol. The molecule has 0 spiro atoms. The summed E-state index contributed by atoms with van der Waals surface area (Å²) in [5.74, 6) is -0.0545. The molecule has 0 aliphatic heterocycles. The summed E-state index contributed by atoms with van der Waals surface area (Å²) in [5.41, 5.74) is 4.50. The first-order valence-corrected chi connectivity index (χ1v) is 7.58. The van der Waals surface area contributed by atoms with Gasteiger partial charge in [-0.3, -0.25) is 4.79 Å². The number of anilines is 1. The first kappa shape index (κ1) is 15.9. The van der Waals surface area contributed by atoms with Crippen molar-refractivity contribution in [3.8, 4) is 0 Å². The van der Waals surface area contributed by atoms with Crippen LogP contribution in [-0.2, 0) is 16.0 Å². The van der Waals surface area contributed by atoms with Crippen LogP contribution in [0.15, 0.2) is 30.6 Å². The van der Waals surface area contributed by atoms with Gasteiger partial charge in [0, 0.05) is 13.0 Å². The number of esters is 1. The van der Waals surface area contributed by atoms with Gasteiger partial charge < -0.3 is 10.1 Å². The van der Waals surface area contributed by atoms with Gasteiger partial charge in [-0.25, -0.2) is 14.8 Å². The van der Waals surface area contributed by atoms with Crippen LogP contribution in [0.5, 0.6) is 0 Å². The highest BCUT2D eigenvalue weighted by Crippen LogP contribution is 2.30. The van der Waals surface area contributed by atoms with Crippen LogP contribution in [0.4, 0.5) is 5.82 Å². The molecule has 2 aromatic rings. The Bertz CT molecular complexity index is 843. The number of methoxy groups -OCH3 is 1. The van der Waals surface area contributed by atoms with E-state index in [4.69, 9.17) is 4.74 Å². The zero-order valence-electron chi connectivity index (χ0n) is 13.5. The van der Waals surface area contributed by atoms with Crippen molar-refractivity contribution in [3.63, 3.8) is 0 Å². The number of amides is 1. The van der Waals surface area contributed by atoms with E-state index in [0.717, 1.165) is 29.7 Å². The fraction of sp³-hybridized carbons (Fsp3) is 0.222. The lowest BCUT2D eigenvalue weighted by Gasteiger charge is -2.17. The lowest BCUT2D eigenvalue weighted by Crippen LogP contribution is -2.09. The van der Waals surface area contributed by atoms with Gasteiger partial charge in [0.2, 0.25) is 5.91 Å². The van der Waals surface area contributed by atoms with Crippen LogP contribution in [0, 0.1) is 0 Å². The van der Waals surface area contributed by atoms with Crippen molar-refractivity contribution in [1.82, 2.24) is 9.97 Å². The van der Waals surface area contributed by atoms with Gasteiger partial charge in [0.25, 0.3) is 0 Å². The molecule has 0 bridgehead atoms. The van der Waals surface area contributed by atoms with Crippen molar-refractivity contribution >= 4 is 29.3 Å². The predicted octanol–water partition coefficient (Wildman–Crippen LogP) is 2.71. The Balaban J connectivity index is 1.95. The Labute approximate surface area is 139 Å². The Morgan fingerprint density at radius 2 is 2.00 bits per heavy atom. The van der Waals surface area contributed by atoms with Crippen molar-refractivity contribution in [3.05, 3.63) is 53.0 Å². The zero-order valence-corrected chi connectivity index (χ0v) is 13.5. The monoisotopic (exact) mass is 323 g/mol. The number of nitrogens with one attached hydrogen (secondary N) is 1. The smallest absolute Gasteiger partial charge is 0.337 e. The lowest BCUT2D eigenvalue weighted by molar-refractivity contribution is -0.114. The maximum absolute atomic E-state index is 11.7. The topological polar surface area (TPSA) is 81.2 Å². The number of benzene rings is 1. The van der Waals surface area contributed by atoms with Gasteiger partial charge in [-0.05, 0) is 47.8 Å². The molecule has 0 fully saturated rings. The van der Waals surface area contributed by atoms with E-state index < -0.39 is 0 Å². The van der Waals surface area contributed by atoms with E-state index in [2.05, 4.69) is 15.3 Å². The molecule has 0 saturated heterocycles. The van der Waals surface area contributed by atoms with Gasteiger partial charge in [0.15, 0.2) is 0 Å². The van der Waals surface area contributed by atoms with Crippen LogP contribution in [0.2, 0.25) is 0 Å². The molecule has 122 valence electrons. The second-order valence-corrected chi connectivity index (χ2v) is 5.54. The molecule has 3 rings (SSSR count). The van der Waals surface area contributed by atoms with Crippen LogP contribution in [0.3, 0.4) is 0 Å². The average Bonchev–Trinajstić information content (AvgIpc) is 2.59. The molecule has 1 aliphatic rings. The number of aromatic nitrogens is 2. The summed E-state index contributed by atoms with van der Waals surface area (Å²) in [4.78, 5) is 31.2. The SMILES string of the molecule is COC(=O)c1ccc2c(c1)C=C(c1cc(NC(C)=O)ncn1)CC2. The number of rotatable bonds is 3. The van der Waals surface area contributed by atoms with E-state index in [9.17, 15) is 9.59 Å². The highest BCUT2D eigenvalue weighted by molar-refractivity contribution is 5.92. The molecule has 0 radical (unpaired) electrons. The first-order chi connectivity index (χ1) is 11.6. The second-order valence-electron chi connectivity index (χ2n) is 5.54. The number of fused-ring (bicyclic) bond motifs is 1. The summed E-state index contributed by atoms with van der Waals surface area (Å²) in [7, 11) is 1.37. The Morgan fingerprint density at radius 1 is 1.17 bits per heavy atom. The zero-order chi connectivity index (χ0) is 17.1. The molecule has 0 unspecified atom stereocenters. The third kappa shape index (κ3) is 3.32. The van der Waals surface area contributed by atoms with Gasteiger partial charge >= 0.3 is 5.97 Å². The van der Waals surface area contributed by atoms with Crippen LogP contribution in [-0.4, -0.2) is 29.0 Å². The lowest BCUT2D eigenvalue weighted by atomic mass is 9.89. The summed E-state index contributed by atoms with van der Waals surface area (Å²) < 4.78 is 4.77. The van der Waals surface area contributed by atoms with Crippen molar-refractivity contribution in [1.29, 1.82) is 0 Å². The van der Waals surface area contributed by atoms with Gasteiger partial charge in [0.05, 0.1) is 18.4 Å². The number of carbonyl (C=O) groups is 2. The Hall–Kier alpha value is -3.02. The molecule has 6 heteroatoms. The molecule has 1 aromatic carbocycles. The largest absolute Gasteiger partial charge is 0.465 e. The van der Waals surface area contributed by atoms with E-state index in [-0.39, 0.29) is 11.9 Å². The molecule has 0 saturated carbocycles. The average molecular weight is 323 g/mol. The quantitative estimate of drug-likeness (QED) is 0.878. The van der Waals surface area contributed by atoms with Crippen LogP contribution in [0.1, 0.15) is 40.5 Å². The van der Waals surface area contributed by atoms with Gasteiger partial charge in [0.1, 0.15) is 12.1 Å². The van der Waals surface area contributed by atoms with Crippen molar-refractivity contribution in [2.24, 2.45) is 0 Å². The van der Waals surface area contributed by atoms with E-state index >= 15 is 0 Å². The third-order valence-corrected chi connectivity index (χ3v) is 3.86. The van der Waals surface area contributed by atoms with E-state index in [1.165, 1.54) is 25.9 Å². The van der Waals surface area contributed by atoms with Crippen LogP contribution in [0.25, 0.3) is 11.6 Å². The van der Waals surface area contributed by atoms with Crippen LogP contribution >= 0.6 is 0 Å². The minimum absolute atomic E-state index is 0.176. The van der Waals surface area contributed by atoms with Crippen molar-refractivity contribution < 1.29 is 14.3 Å². The summed E-state index contributed by atoms with van der Waals surface area (Å²) in [6.07, 6.45) is 5.15. The van der Waals surface area contributed by atoms with Crippen molar-refractivity contribution in [2.45, 2.75) is 19.8 Å². The summed E-state index contributed by atoms with van der Waals surface area (Å²) in [5, 5.41) is 2.66. The van der Waals surface area contributed by atoms with E-state index in [0.29, 0.717) is 11.4 Å². The molecule has 1 heterocycles. The first-order valence-electron chi connectivity index (χ1n) is 7.58. The molecule has 24 heavy (non-hydrogen) atoms. The number of ether oxygens (including phenoxy) is 1. The van der Waals surface area contributed by atoms with Gasteiger partial charge in [-0.15, -0.1) is 0 Å². The fourth-order valence-electron chi connectivity index (χ4n) is 2.71. The van der Waals surface area contributed by atoms with E-state index in [1.54, 1.807) is 12.1 Å². The van der Waals surface area contributed by atoms with Crippen molar-refractivity contribution in [2.75, 3.05) is 12.4 Å². The number of nitrogens with zero attached hydrogens (tertiary/aromatic N) is 2. The Morgan fingerprint density at radius 3 is 2.75 bits per heavy atom. The van der Waals surface area contributed by atoms with Gasteiger partial charge in [-0.1, -0.05) is 6.07 Å². The fourth-order valence-corrected chi connectivity index (χ4v) is 2.71. The molecule has 1 amide bonds. The minimum atomic E-state index is -0.353. The number of allylic oxidation sites excluding steroid dienone is 1. The summed E-state index contributed by atoms with van der Waals surface area (Å²) >= 11 is 0. The van der Waals surface area contributed by atoms with Crippen LogP contribution < -0.4 is 5.32 Å². The molecule has 0 atom stereocenters. The summed E-state index contributed by atoms with van der Waals surface area (Å²) in [6, 6.07) is 7.32. The third-order valence-electron chi connectivity index (χ3n) is 3.86. The predicted molar refractivity (Wildman–Crippen MR) is 90.3 cm³/mol. The molecule has 1 aromatic heterocycles. The molecular formula is C18H17N3O3. The molecule has 1 N–H and O–H groups in total. The highest BCUT2D eigenvalue weighted by Gasteiger charge is 2.16. The normalized spacial score (nSPS) is 12.8. The number of carbonyl (C=O) groups excluding carboxylic acids is 2. The standard InChI is InChI=1S/C18H17N3O3/c1-11(22)21-17-9-16(19-10-20-17)13-5-3-12-4-6-14(18(23)24-2)8-15(12)7-13/h4,6-10H,3,5H2,1-2H3,(H,19,20,21,22). The highest BCUT2D eigenvalue weighted by atomic mass is 16.5. The second kappa shape index (κ2) is 6.62. The van der Waals surface area contributed by atoms with E-state index in [1.807, 2.05) is 18.2 Å². The number of hydrogen-bond donors (Lipinski definition) is 1. The minimum Gasteiger partial charge on any atom is -0.465 e. The number of aryl methyl sites for hydroxylation is 1. The summed E-state index contributed by atoms with van der Waals surface area (Å²) in [6.45, 7) is 1.44. The Kier molecular flexibility index (Phi) is 4.37. The maximum Gasteiger partial charge on any atom is 0.337 e. The number of hydrogen-bond acceptors (Lipinski definition) is 5. The molecule has 6 nitrogen and oxygen atoms in total. The molecule has 1 aliphatic carbocycles. The van der Waals surface area contributed by atoms with Gasteiger partial charge in [-0.2, -0.15) is 0 Å². The maximum atomic E-state index is 11.7.